The Labute approximate surface area is 132 Å². The Morgan fingerprint density at radius 2 is 1.18 bits per heavy atom. The minimum absolute atomic E-state index is 0.0983. The maximum Gasteiger partial charge on any atom is 0.338 e. The van der Waals surface area contributed by atoms with Gasteiger partial charge in [-0.05, 0) is 29.0 Å². The number of carbonyl (C=O) groups excluding carboxylic acids is 2. The molecule has 1 rings (SSSR count). The molecule has 0 unspecified atom stereocenters. The van der Waals surface area contributed by atoms with E-state index in [9.17, 15) is 9.59 Å². The van der Waals surface area contributed by atoms with E-state index >= 15 is 0 Å². The van der Waals surface area contributed by atoms with Crippen molar-refractivity contribution in [3.05, 3.63) is 35.4 Å². The zero-order valence-electron chi connectivity index (χ0n) is 14.4. The van der Waals surface area contributed by atoms with Crippen LogP contribution in [0.4, 0.5) is 0 Å². The fourth-order valence-electron chi connectivity index (χ4n) is 1.50. The van der Waals surface area contributed by atoms with Gasteiger partial charge in [0.05, 0.1) is 24.3 Å². The van der Waals surface area contributed by atoms with E-state index in [1.165, 1.54) is 6.07 Å². The van der Waals surface area contributed by atoms with Gasteiger partial charge in [-0.15, -0.1) is 0 Å². The lowest BCUT2D eigenvalue weighted by molar-refractivity contribution is 0.0362. The lowest BCUT2D eigenvalue weighted by Gasteiger charge is -2.18. The minimum Gasteiger partial charge on any atom is -0.462 e. The van der Waals surface area contributed by atoms with E-state index in [0.717, 1.165) is 0 Å². The number of esters is 2. The molecule has 1 aromatic rings. The molecule has 0 aliphatic rings. The molecule has 0 saturated carbocycles. The van der Waals surface area contributed by atoms with Gasteiger partial charge in [-0.2, -0.15) is 0 Å². The maximum atomic E-state index is 12.0. The van der Waals surface area contributed by atoms with Crippen LogP contribution < -0.4 is 0 Å². The van der Waals surface area contributed by atoms with E-state index in [1.54, 1.807) is 18.2 Å². The molecule has 0 amide bonds. The van der Waals surface area contributed by atoms with Crippen LogP contribution in [-0.4, -0.2) is 25.2 Å². The van der Waals surface area contributed by atoms with Gasteiger partial charge in [-0.25, -0.2) is 9.59 Å². The van der Waals surface area contributed by atoms with Crippen LogP contribution in [0.3, 0.4) is 0 Å². The second-order valence-electron chi connectivity index (χ2n) is 7.85. The third kappa shape index (κ3) is 6.74. The summed E-state index contributed by atoms with van der Waals surface area (Å²) in [5.41, 5.74) is 0.515. The van der Waals surface area contributed by atoms with Gasteiger partial charge >= 0.3 is 11.9 Å². The van der Waals surface area contributed by atoms with Crippen molar-refractivity contribution in [1.82, 2.24) is 0 Å². The molecular weight excluding hydrogens is 280 g/mol. The smallest absolute Gasteiger partial charge is 0.338 e. The molecule has 0 heterocycles. The first kappa shape index (κ1) is 18.2. The molecule has 0 N–H and O–H groups in total. The van der Waals surface area contributed by atoms with E-state index in [-0.39, 0.29) is 10.8 Å². The molecular formula is C18H26O4. The Kier molecular flexibility index (Phi) is 5.75. The second-order valence-corrected chi connectivity index (χ2v) is 7.85. The van der Waals surface area contributed by atoms with E-state index in [1.807, 2.05) is 41.5 Å². The Morgan fingerprint density at radius 1 is 0.818 bits per heavy atom. The van der Waals surface area contributed by atoms with E-state index in [2.05, 4.69) is 0 Å². The van der Waals surface area contributed by atoms with Gasteiger partial charge in [0.2, 0.25) is 0 Å². The molecule has 22 heavy (non-hydrogen) atoms. The van der Waals surface area contributed by atoms with Gasteiger partial charge in [0.25, 0.3) is 0 Å². The normalized spacial score (nSPS) is 11.9. The summed E-state index contributed by atoms with van der Waals surface area (Å²) in [5.74, 6) is -0.860. The maximum absolute atomic E-state index is 12.0. The van der Waals surface area contributed by atoms with Crippen LogP contribution in [-0.2, 0) is 9.47 Å². The zero-order valence-corrected chi connectivity index (χ0v) is 14.4. The highest BCUT2D eigenvalue weighted by Crippen LogP contribution is 2.17. The molecule has 0 aromatic heterocycles. The van der Waals surface area contributed by atoms with Crippen LogP contribution in [0.2, 0.25) is 0 Å². The zero-order chi connectivity index (χ0) is 17.0. The first-order valence-corrected chi connectivity index (χ1v) is 7.42. The average molecular weight is 306 g/mol. The number of rotatable bonds is 4. The molecule has 122 valence electrons. The van der Waals surface area contributed by atoms with Gasteiger partial charge in [-0.1, -0.05) is 47.6 Å². The van der Waals surface area contributed by atoms with E-state index < -0.39 is 11.9 Å². The summed E-state index contributed by atoms with van der Waals surface area (Å²) in [6.45, 7) is 12.6. The number of ether oxygens (including phenoxy) is 2. The topological polar surface area (TPSA) is 52.6 Å². The van der Waals surface area contributed by atoms with Crippen molar-refractivity contribution in [1.29, 1.82) is 0 Å². The fraction of sp³-hybridized carbons (Fsp3) is 0.556. The van der Waals surface area contributed by atoms with E-state index in [4.69, 9.17) is 9.47 Å². The molecule has 4 heteroatoms. The molecule has 4 nitrogen and oxygen atoms in total. The van der Waals surface area contributed by atoms with Crippen LogP contribution in [0.1, 0.15) is 62.3 Å². The standard InChI is InChI=1S/C18H26O4/c1-17(2,3)11-21-15(19)13-8-7-9-14(10-13)16(20)22-12-18(4,5)6/h7-10H,11-12H2,1-6H3. The van der Waals surface area contributed by atoms with Gasteiger partial charge in [0.1, 0.15) is 0 Å². The van der Waals surface area contributed by atoms with Gasteiger partial charge < -0.3 is 9.47 Å². The Morgan fingerprint density at radius 3 is 1.50 bits per heavy atom. The first-order valence-electron chi connectivity index (χ1n) is 7.42. The summed E-state index contributed by atoms with van der Waals surface area (Å²) >= 11 is 0. The molecule has 0 fully saturated rings. The van der Waals surface area contributed by atoms with Crippen molar-refractivity contribution in [2.45, 2.75) is 41.5 Å². The van der Waals surface area contributed by atoms with Gasteiger partial charge in [0.15, 0.2) is 0 Å². The fourth-order valence-corrected chi connectivity index (χ4v) is 1.50. The van der Waals surface area contributed by atoms with Crippen molar-refractivity contribution in [3.63, 3.8) is 0 Å². The highest BCUT2D eigenvalue weighted by atomic mass is 16.5. The van der Waals surface area contributed by atoms with Gasteiger partial charge in [0, 0.05) is 0 Å². The summed E-state index contributed by atoms with van der Waals surface area (Å²) in [5, 5.41) is 0. The van der Waals surface area contributed by atoms with Crippen LogP contribution >= 0.6 is 0 Å². The van der Waals surface area contributed by atoms with Crippen LogP contribution in [0, 0.1) is 10.8 Å². The van der Waals surface area contributed by atoms with Crippen molar-refractivity contribution >= 4 is 11.9 Å². The second kappa shape index (κ2) is 6.95. The number of benzene rings is 1. The number of hydrogen-bond acceptors (Lipinski definition) is 4. The van der Waals surface area contributed by atoms with Crippen LogP contribution in [0.5, 0.6) is 0 Å². The molecule has 0 aliphatic carbocycles. The minimum atomic E-state index is -0.430. The van der Waals surface area contributed by atoms with E-state index in [0.29, 0.717) is 24.3 Å². The Balaban J connectivity index is 2.73. The Hall–Kier alpha value is -1.84. The highest BCUT2D eigenvalue weighted by Gasteiger charge is 2.18. The number of hydrogen-bond donors (Lipinski definition) is 0. The third-order valence-electron chi connectivity index (χ3n) is 2.61. The first-order chi connectivity index (χ1) is 9.98. The van der Waals surface area contributed by atoms with Gasteiger partial charge in [-0.3, -0.25) is 0 Å². The summed E-state index contributed by atoms with van der Waals surface area (Å²) in [7, 11) is 0. The molecule has 0 aliphatic heterocycles. The monoisotopic (exact) mass is 306 g/mol. The molecule has 0 atom stereocenters. The SMILES string of the molecule is CC(C)(C)COC(=O)c1cccc(C(=O)OCC(C)(C)C)c1. The highest BCUT2D eigenvalue weighted by molar-refractivity contribution is 5.95. The average Bonchev–Trinajstić information content (AvgIpc) is 2.40. The summed E-state index contributed by atoms with van der Waals surface area (Å²) < 4.78 is 10.5. The quantitative estimate of drug-likeness (QED) is 0.786. The lowest BCUT2D eigenvalue weighted by Crippen LogP contribution is -2.19. The Bertz CT molecular complexity index is 488. The van der Waals surface area contributed by atoms with Crippen LogP contribution in [0.15, 0.2) is 24.3 Å². The predicted octanol–water partition coefficient (Wildman–Crippen LogP) is 4.09. The molecule has 0 radical (unpaired) electrons. The third-order valence-corrected chi connectivity index (χ3v) is 2.61. The molecule has 0 spiro atoms. The molecule has 0 bridgehead atoms. The summed E-state index contributed by atoms with van der Waals surface area (Å²) in [6, 6.07) is 6.43. The van der Waals surface area contributed by atoms with Crippen LogP contribution in [0.25, 0.3) is 0 Å². The summed E-state index contributed by atoms with van der Waals surface area (Å²) in [6.07, 6.45) is 0. The largest absolute Gasteiger partial charge is 0.462 e. The molecule has 1 aromatic carbocycles. The predicted molar refractivity (Wildman–Crippen MR) is 85.9 cm³/mol. The lowest BCUT2D eigenvalue weighted by atomic mass is 9.98. The van der Waals surface area contributed by atoms with Crippen molar-refractivity contribution in [2.75, 3.05) is 13.2 Å². The van der Waals surface area contributed by atoms with Crippen molar-refractivity contribution in [2.24, 2.45) is 10.8 Å². The molecule has 0 saturated heterocycles. The van der Waals surface area contributed by atoms with Crippen molar-refractivity contribution in [3.8, 4) is 0 Å². The number of carbonyl (C=O) groups is 2. The van der Waals surface area contributed by atoms with Crippen molar-refractivity contribution < 1.29 is 19.1 Å². The summed E-state index contributed by atoms with van der Waals surface area (Å²) in [4.78, 5) is 24.0.